The largest absolute Gasteiger partial charge is 0.486 e. The highest BCUT2D eigenvalue weighted by molar-refractivity contribution is 5.92. The monoisotopic (exact) mass is 432 g/mol. The normalized spacial score (nSPS) is 17.2. The second-order valence-electron chi connectivity index (χ2n) is 7.54. The van der Waals surface area contributed by atoms with Gasteiger partial charge in [0.05, 0.1) is 5.56 Å². The summed E-state index contributed by atoms with van der Waals surface area (Å²) in [7, 11) is 0. The van der Waals surface area contributed by atoms with E-state index in [1.165, 1.54) is 18.2 Å². The number of carbonyl (C=O) groups is 1. The van der Waals surface area contributed by atoms with Gasteiger partial charge >= 0.3 is 6.18 Å². The quantitative estimate of drug-likeness (QED) is 0.689. The number of piperazine rings is 1. The number of alkyl halides is 3. The van der Waals surface area contributed by atoms with Gasteiger partial charge in [-0.2, -0.15) is 13.2 Å². The molecule has 0 radical (unpaired) electrons. The van der Waals surface area contributed by atoms with Crippen molar-refractivity contribution in [3.63, 3.8) is 0 Å². The van der Waals surface area contributed by atoms with E-state index < -0.39 is 11.7 Å². The van der Waals surface area contributed by atoms with E-state index in [2.05, 4.69) is 4.90 Å². The highest BCUT2D eigenvalue weighted by Crippen LogP contribution is 2.31. The maximum absolute atomic E-state index is 12.9. The van der Waals surface area contributed by atoms with Gasteiger partial charge in [0.25, 0.3) is 0 Å². The van der Waals surface area contributed by atoms with Crippen molar-refractivity contribution < 1.29 is 27.4 Å². The van der Waals surface area contributed by atoms with Crippen LogP contribution in [0.5, 0.6) is 11.5 Å². The Labute approximate surface area is 178 Å². The van der Waals surface area contributed by atoms with Crippen LogP contribution in [-0.2, 0) is 17.5 Å². The first-order valence-electron chi connectivity index (χ1n) is 10.1. The Hall–Kier alpha value is -3.00. The number of ether oxygens (including phenoxy) is 2. The molecule has 0 spiro atoms. The number of hydrogen-bond acceptors (Lipinski definition) is 4. The smallest absolute Gasteiger partial charge is 0.416 e. The van der Waals surface area contributed by atoms with Gasteiger partial charge in [0, 0.05) is 38.8 Å². The zero-order valence-corrected chi connectivity index (χ0v) is 16.9. The number of hydrogen-bond donors (Lipinski definition) is 0. The lowest BCUT2D eigenvalue weighted by Gasteiger charge is -2.34. The number of nitrogens with zero attached hydrogens (tertiary/aromatic N) is 2. The molecule has 2 heterocycles. The highest BCUT2D eigenvalue weighted by Gasteiger charge is 2.30. The standard InChI is InChI=1S/C23H23F3N2O3/c24-23(25,26)19-3-1-2-18(14-19)16-27-8-10-28(11-9-27)22(29)7-5-17-4-6-20-21(15-17)31-13-12-30-20/h1-7,14-15H,8-13,16H2/b7-5+. The number of halogens is 3. The summed E-state index contributed by atoms with van der Waals surface area (Å²) in [4.78, 5) is 16.3. The lowest BCUT2D eigenvalue weighted by atomic mass is 10.1. The maximum atomic E-state index is 12.9. The molecular formula is C23H23F3N2O3. The minimum absolute atomic E-state index is 0.0893. The third-order valence-corrected chi connectivity index (χ3v) is 5.33. The summed E-state index contributed by atoms with van der Waals surface area (Å²) >= 11 is 0. The van der Waals surface area contributed by atoms with E-state index in [4.69, 9.17) is 9.47 Å². The Morgan fingerprint density at radius 1 is 0.968 bits per heavy atom. The molecule has 2 aliphatic rings. The molecular weight excluding hydrogens is 409 g/mol. The van der Waals surface area contributed by atoms with Crippen LogP contribution < -0.4 is 9.47 Å². The molecule has 1 amide bonds. The average Bonchev–Trinajstić information content (AvgIpc) is 2.77. The van der Waals surface area contributed by atoms with Crippen LogP contribution in [0.25, 0.3) is 6.08 Å². The van der Waals surface area contributed by atoms with Crippen LogP contribution in [0, 0.1) is 0 Å². The van der Waals surface area contributed by atoms with Crippen LogP contribution in [0.1, 0.15) is 16.7 Å². The number of fused-ring (bicyclic) bond motifs is 1. The van der Waals surface area contributed by atoms with Crippen LogP contribution in [0.3, 0.4) is 0 Å². The summed E-state index contributed by atoms with van der Waals surface area (Å²) in [6.07, 6.45) is -1.06. The van der Waals surface area contributed by atoms with Crippen molar-refractivity contribution in [2.75, 3.05) is 39.4 Å². The van der Waals surface area contributed by atoms with Crippen molar-refractivity contribution in [1.82, 2.24) is 9.80 Å². The number of benzene rings is 2. The number of carbonyl (C=O) groups excluding carboxylic acids is 1. The molecule has 8 heteroatoms. The predicted octanol–water partition coefficient (Wildman–Crippen LogP) is 3.83. The summed E-state index contributed by atoms with van der Waals surface area (Å²) in [6, 6.07) is 10.9. The first kappa shape index (κ1) is 21.2. The van der Waals surface area contributed by atoms with Crippen LogP contribution in [0.4, 0.5) is 13.2 Å². The Morgan fingerprint density at radius 2 is 1.71 bits per heavy atom. The molecule has 0 aliphatic carbocycles. The molecule has 0 atom stereocenters. The Balaban J connectivity index is 1.29. The van der Waals surface area contributed by atoms with Crippen LogP contribution >= 0.6 is 0 Å². The summed E-state index contributed by atoms with van der Waals surface area (Å²) in [5.41, 5.74) is 0.831. The summed E-state index contributed by atoms with van der Waals surface area (Å²) in [6.45, 7) is 3.75. The molecule has 2 aliphatic heterocycles. The predicted molar refractivity (Wildman–Crippen MR) is 110 cm³/mol. The van der Waals surface area contributed by atoms with Crippen LogP contribution in [-0.4, -0.2) is 55.1 Å². The van der Waals surface area contributed by atoms with Gasteiger partial charge in [0.2, 0.25) is 5.91 Å². The third kappa shape index (κ3) is 5.38. The molecule has 2 aromatic rings. The fourth-order valence-corrected chi connectivity index (χ4v) is 3.67. The van der Waals surface area contributed by atoms with Crippen molar-refractivity contribution >= 4 is 12.0 Å². The van der Waals surface area contributed by atoms with Gasteiger partial charge in [-0.05, 0) is 35.4 Å². The molecule has 0 saturated carbocycles. The zero-order chi connectivity index (χ0) is 21.8. The van der Waals surface area contributed by atoms with Crippen LogP contribution in [0.15, 0.2) is 48.5 Å². The summed E-state index contributed by atoms with van der Waals surface area (Å²) < 4.78 is 49.7. The number of amides is 1. The van der Waals surface area contributed by atoms with Crippen molar-refractivity contribution in [1.29, 1.82) is 0 Å². The molecule has 4 rings (SSSR count). The second-order valence-corrected chi connectivity index (χ2v) is 7.54. The topological polar surface area (TPSA) is 42.0 Å². The molecule has 1 saturated heterocycles. The molecule has 0 unspecified atom stereocenters. The molecule has 1 fully saturated rings. The summed E-state index contributed by atoms with van der Waals surface area (Å²) in [5.74, 6) is 1.28. The van der Waals surface area contributed by atoms with Gasteiger partial charge in [-0.25, -0.2) is 0 Å². The molecule has 2 aromatic carbocycles. The van der Waals surface area contributed by atoms with Crippen LogP contribution in [0.2, 0.25) is 0 Å². The number of rotatable bonds is 4. The zero-order valence-electron chi connectivity index (χ0n) is 16.9. The van der Waals surface area contributed by atoms with Crippen molar-refractivity contribution in [3.05, 3.63) is 65.2 Å². The van der Waals surface area contributed by atoms with Crippen molar-refractivity contribution in [3.8, 4) is 11.5 Å². The fourth-order valence-electron chi connectivity index (χ4n) is 3.67. The lowest BCUT2D eigenvalue weighted by molar-refractivity contribution is -0.137. The van der Waals surface area contributed by atoms with Gasteiger partial charge in [-0.3, -0.25) is 9.69 Å². The highest BCUT2D eigenvalue weighted by atomic mass is 19.4. The maximum Gasteiger partial charge on any atom is 0.416 e. The van der Waals surface area contributed by atoms with E-state index in [9.17, 15) is 18.0 Å². The van der Waals surface area contributed by atoms with Gasteiger partial charge in [-0.1, -0.05) is 24.3 Å². The van der Waals surface area contributed by atoms with Gasteiger partial charge < -0.3 is 14.4 Å². The molecule has 164 valence electrons. The van der Waals surface area contributed by atoms with E-state index in [0.29, 0.717) is 63.0 Å². The Bertz CT molecular complexity index is 967. The first-order valence-corrected chi connectivity index (χ1v) is 10.1. The average molecular weight is 432 g/mol. The van der Waals surface area contributed by atoms with Gasteiger partial charge in [0.1, 0.15) is 13.2 Å². The minimum Gasteiger partial charge on any atom is -0.486 e. The first-order chi connectivity index (χ1) is 14.9. The molecule has 31 heavy (non-hydrogen) atoms. The van der Waals surface area contributed by atoms with E-state index >= 15 is 0 Å². The SMILES string of the molecule is O=C(/C=C/c1ccc2c(c1)OCCO2)N1CCN(Cc2cccc(C(F)(F)F)c2)CC1. The molecule has 0 aromatic heterocycles. The van der Waals surface area contributed by atoms with E-state index in [1.807, 2.05) is 18.2 Å². The van der Waals surface area contributed by atoms with Crippen molar-refractivity contribution in [2.45, 2.75) is 12.7 Å². The van der Waals surface area contributed by atoms with E-state index in [1.54, 1.807) is 17.0 Å². The second kappa shape index (κ2) is 9.01. The fraction of sp³-hybridized carbons (Fsp3) is 0.348. The van der Waals surface area contributed by atoms with Gasteiger partial charge in [-0.15, -0.1) is 0 Å². The molecule has 0 N–H and O–H groups in total. The van der Waals surface area contributed by atoms with Crippen molar-refractivity contribution in [2.24, 2.45) is 0 Å². The Morgan fingerprint density at radius 3 is 2.45 bits per heavy atom. The minimum atomic E-state index is -4.34. The third-order valence-electron chi connectivity index (χ3n) is 5.33. The van der Waals surface area contributed by atoms with E-state index in [0.717, 1.165) is 11.6 Å². The molecule has 5 nitrogen and oxygen atoms in total. The summed E-state index contributed by atoms with van der Waals surface area (Å²) in [5, 5.41) is 0. The van der Waals surface area contributed by atoms with Gasteiger partial charge in [0.15, 0.2) is 11.5 Å². The Kier molecular flexibility index (Phi) is 6.18. The lowest BCUT2D eigenvalue weighted by Crippen LogP contribution is -2.47. The molecule has 0 bridgehead atoms. The van der Waals surface area contributed by atoms with E-state index in [-0.39, 0.29) is 5.91 Å².